The number of nitriles is 1. The van der Waals surface area contributed by atoms with Crippen LogP contribution in [0.15, 0.2) is 0 Å². The Morgan fingerprint density at radius 2 is 1.78 bits per heavy atom. The van der Waals surface area contributed by atoms with E-state index in [1.165, 1.54) is 19.3 Å². The first-order valence-corrected chi connectivity index (χ1v) is 7.32. The van der Waals surface area contributed by atoms with E-state index in [2.05, 4.69) is 13.0 Å². The highest BCUT2D eigenvalue weighted by Crippen LogP contribution is 2.34. The molecule has 0 amide bonds. The van der Waals surface area contributed by atoms with Crippen molar-refractivity contribution in [2.24, 2.45) is 11.8 Å². The zero-order valence-corrected chi connectivity index (χ0v) is 11.6. The first kappa shape index (κ1) is 13.8. The van der Waals surface area contributed by atoms with Gasteiger partial charge in [-0.25, -0.2) is 0 Å². The first-order chi connectivity index (χ1) is 8.74. The monoisotopic (exact) mass is 251 g/mol. The van der Waals surface area contributed by atoms with Gasteiger partial charge in [0.1, 0.15) is 0 Å². The van der Waals surface area contributed by atoms with Crippen molar-refractivity contribution in [2.75, 3.05) is 7.11 Å². The topological polar surface area (TPSA) is 42.2 Å². The molecule has 102 valence electrons. The normalized spacial score (nSPS) is 41.3. The number of ether oxygens (including phenoxy) is 2. The Balaban J connectivity index is 1.89. The summed E-state index contributed by atoms with van der Waals surface area (Å²) in [5, 5.41) is 9.30. The van der Waals surface area contributed by atoms with E-state index >= 15 is 0 Å². The number of hydrogen-bond acceptors (Lipinski definition) is 3. The molecule has 0 heterocycles. The summed E-state index contributed by atoms with van der Waals surface area (Å²) in [4.78, 5) is 0. The SMILES string of the molecule is COC1CCCC(OC2CCCC(C)C2C#N)C1. The second kappa shape index (κ2) is 6.54. The van der Waals surface area contributed by atoms with Crippen LogP contribution in [0.3, 0.4) is 0 Å². The van der Waals surface area contributed by atoms with Crippen molar-refractivity contribution < 1.29 is 9.47 Å². The standard InChI is InChI=1S/C15H25NO2/c1-11-5-3-8-15(14(11)10-16)18-13-7-4-6-12(9-13)17-2/h11-15H,3-9H2,1-2H3. The summed E-state index contributed by atoms with van der Waals surface area (Å²) in [6, 6.07) is 2.46. The minimum Gasteiger partial charge on any atom is -0.381 e. The maximum Gasteiger partial charge on any atom is 0.0751 e. The molecule has 2 fully saturated rings. The van der Waals surface area contributed by atoms with Gasteiger partial charge in [-0.05, 0) is 44.4 Å². The summed E-state index contributed by atoms with van der Waals surface area (Å²) in [7, 11) is 1.79. The van der Waals surface area contributed by atoms with E-state index in [0.717, 1.165) is 25.7 Å². The highest BCUT2D eigenvalue weighted by Gasteiger charge is 2.34. The zero-order valence-electron chi connectivity index (χ0n) is 11.6. The summed E-state index contributed by atoms with van der Waals surface area (Å²) in [6.07, 6.45) is 8.69. The van der Waals surface area contributed by atoms with Crippen molar-refractivity contribution in [3.8, 4) is 6.07 Å². The van der Waals surface area contributed by atoms with Crippen LogP contribution in [0.4, 0.5) is 0 Å². The van der Waals surface area contributed by atoms with E-state index < -0.39 is 0 Å². The lowest BCUT2D eigenvalue weighted by Gasteiger charge is -2.37. The van der Waals surface area contributed by atoms with Gasteiger partial charge in [0.15, 0.2) is 0 Å². The number of hydrogen-bond donors (Lipinski definition) is 0. The van der Waals surface area contributed by atoms with Gasteiger partial charge in [0, 0.05) is 7.11 Å². The van der Waals surface area contributed by atoms with E-state index in [9.17, 15) is 5.26 Å². The first-order valence-electron chi connectivity index (χ1n) is 7.32. The third-order valence-corrected chi connectivity index (χ3v) is 4.59. The smallest absolute Gasteiger partial charge is 0.0751 e. The Morgan fingerprint density at radius 1 is 1.06 bits per heavy atom. The molecule has 2 rings (SSSR count). The molecule has 0 saturated heterocycles. The van der Waals surface area contributed by atoms with Crippen LogP contribution in [0.5, 0.6) is 0 Å². The Labute approximate surface area is 110 Å². The van der Waals surface area contributed by atoms with Gasteiger partial charge >= 0.3 is 0 Å². The largest absolute Gasteiger partial charge is 0.381 e. The van der Waals surface area contributed by atoms with Crippen molar-refractivity contribution >= 4 is 0 Å². The Bertz CT molecular complexity index is 299. The number of methoxy groups -OCH3 is 1. The third kappa shape index (κ3) is 3.24. The molecule has 0 aromatic heterocycles. The van der Waals surface area contributed by atoms with Gasteiger partial charge in [-0.3, -0.25) is 0 Å². The highest BCUT2D eigenvalue weighted by molar-refractivity contribution is 4.95. The molecule has 5 atom stereocenters. The molecule has 5 unspecified atom stereocenters. The number of nitrogens with zero attached hydrogens (tertiary/aromatic N) is 1. The Hall–Kier alpha value is -0.590. The molecule has 0 radical (unpaired) electrons. The molecular formula is C15H25NO2. The lowest BCUT2D eigenvalue weighted by atomic mass is 9.79. The van der Waals surface area contributed by atoms with Crippen molar-refractivity contribution in [3.05, 3.63) is 0 Å². The van der Waals surface area contributed by atoms with Crippen molar-refractivity contribution in [1.82, 2.24) is 0 Å². The maximum atomic E-state index is 9.30. The minimum atomic E-state index is 0.0849. The summed E-state index contributed by atoms with van der Waals surface area (Å²) >= 11 is 0. The predicted octanol–water partition coefficient (Wildman–Crippen LogP) is 3.29. The van der Waals surface area contributed by atoms with Gasteiger partial charge < -0.3 is 9.47 Å². The van der Waals surface area contributed by atoms with Crippen LogP contribution in [0, 0.1) is 23.2 Å². The fourth-order valence-electron chi connectivity index (χ4n) is 3.42. The fraction of sp³-hybridized carbons (Fsp3) is 0.933. The van der Waals surface area contributed by atoms with Crippen molar-refractivity contribution in [1.29, 1.82) is 5.26 Å². The fourth-order valence-corrected chi connectivity index (χ4v) is 3.42. The molecule has 18 heavy (non-hydrogen) atoms. The second-order valence-electron chi connectivity index (χ2n) is 5.88. The number of rotatable bonds is 3. The Kier molecular flexibility index (Phi) is 5.03. The van der Waals surface area contributed by atoms with Crippen molar-refractivity contribution in [3.63, 3.8) is 0 Å². The molecule has 0 bridgehead atoms. The predicted molar refractivity (Wildman–Crippen MR) is 70.0 cm³/mol. The zero-order chi connectivity index (χ0) is 13.0. The quantitative estimate of drug-likeness (QED) is 0.773. The van der Waals surface area contributed by atoms with Gasteiger partial charge in [-0.15, -0.1) is 0 Å². The molecule has 2 saturated carbocycles. The maximum absolute atomic E-state index is 9.30. The van der Waals surface area contributed by atoms with Gasteiger partial charge in [-0.2, -0.15) is 5.26 Å². The second-order valence-corrected chi connectivity index (χ2v) is 5.88. The van der Waals surface area contributed by atoms with Crippen LogP contribution in [0.2, 0.25) is 0 Å². The molecule has 0 spiro atoms. The third-order valence-electron chi connectivity index (χ3n) is 4.59. The average Bonchev–Trinajstić information content (AvgIpc) is 2.39. The summed E-state index contributed by atoms with van der Waals surface area (Å²) in [6.45, 7) is 2.18. The van der Waals surface area contributed by atoms with E-state index in [1.54, 1.807) is 7.11 Å². The molecule has 3 nitrogen and oxygen atoms in total. The van der Waals surface area contributed by atoms with Crippen LogP contribution in [0.1, 0.15) is 51.9 Å². The Morgan fingerprint density at radius 3 is 2.50 bits per heavy atom. The highest BCUT2D eigenvalue weighted by atomic mass is 16.5. The molecule has 0 aromatic carbocycles. The molecule has 3 heteroatoms. The molecule has 2 aliphatic rings. The lowest BCUT2D eigenvalue weighted by molar-refractivity contribution is -0.0936. The van der Waals surface area contributed by atoms with Crippen LogP contribution < -0.4 is 0 Å². The van der Waals surface area contributed by atoms with Gasteiger partial charge in [0.2, 0.25) is 0 Å². The molecule has 0 aliphatic heterocycles. The molecule has 2 aliphatic carbocycles. The van der Waals surface area contributed by atoms with E-state index in [-0.39, 0.29) is 12.0 Å². The van der Waals surface area contributed by atoms with Gasteiger partial charge in [0.25, 0.3) is 0 Å². The summed E-state index contributed by atoms with van der Waals surface area (Å²) in [5.41, 5.74) is 0. The molecular weight excluding hydrogens is 226 g/mol. The van der Waals surface area contributed by atoms with Crippen LogP contribution in [-0.2, 0) is 9.47 Å². The summed E-state index contributed by atoms with van der Waals surface area (Å²) in [5.74, 6) is 0.567. The van der Waals surface area contributed by atoms with E-state index in [1.807, 2.05) is 0 Å². The summed E-state index contributed by atoms with van der Waals surface area (Å²) < 4.78 is 11.7. The van der Waals surface area contributed by atoms with Crippen molar-refractivity contribution in [2.45, 2.75) is 70.2 Å². The minimum absolute atomic E-state index is 0.0849. The van der Waals surface area contributed by atoms with E-state index in [0.29, 0.717) is 18.1 Å². The molecule has 0 N–H and O–H groups in total. The van der Waals surface area contributed by atoms with Crippen LogP contribution >= 0.6 is 0 Å². The average molecular weight is 251 g/mol. The van der Waals surface area contributed by atoms with Gasteiger partial charge in [-0.1, -0.05) is 13.3 Å². The molecule has 0 aromatic rings. The van der Waals surface area contributed by atoms with E-state index in [4.69, 9.17) is 9.47 Å². The van der Waals surface area contributed by atoms with Crippen LogP contribution in [0.25, 0.3) is 0 Å². The lowest BCUT2D eigenvalue weighted by Crippen LogP contribution is -2.38. The van der Waals surface area contributed by atoms with Crippen LogP contribution in [-0.4, -0.2) is 25.4 Å². The van der Waals surface area contributed by atoms with Gasteiger partial charge in [0.05, 0.1) is 30.3 Å².